The molecule has 0 radical (unpaired) electrons. The van der Waals surface area contributed by atoms with Crippen LogP contribution in [0.1, 0.15) is 18.6 Å². The van der Waals surface area contributed by atoms with Crippen molar-refractivity contribution in [1.29, 1.82) is 0 Å². The van der Waals surface area contributed by atoms with Crippen LogP contribution in [0.15, 0.2) is 18.2 Å². The van der Waals surface area contributed by atoms with Crippen molar-refractivity contribution in [1.82, 2.24) is 5.32 Å². The molecule has 0 bridgehead atoms. The number of hydrogen-bond acceptors (Lipinski definition) is 5. The fourth-order valence-electron chi connectivity index (χ4n) is 1.82. The zero-order valence-corrected chi connectivity index (χ0v) is 10.9. The number of cyclic esters (lactones) is 1. The lowest BCUT2D eigenvalue weighted by molar-refractivity contribution is 0.102. The molecule has 2 unspecified atom stereocenters. The third kappa shape index (κ3) is 3.29. The molecule has 6 nitrogen and oxygen atoms in total. The molecule has 1 aliphatic heterocycles. The molecule has 0 spiro atoms. The predicted octanol–water partition coefficient (Wildman–Crippen LogP) is 1.24. The Morgan fingerprint density at radius 1 is 1.58 bits per heavy atom. The first-order chi connectivity index (χ1) is 9.10. The van der Waals surface area contributed by atoms with E-state index in [0.717, 1.165) is 0 Å². The van der Waals surface area contributed by atoms with E-state index in [-0.39, 0.29) is 12.7 Å². The summed E-state index contributed by atoms with van der Waals surface area (Å²) in [5.41, 5.74) is 0.665. The Hall–Kier alpha value is -1.95. The molecule has 1 amide bonds. The number of ether oxygens (including phenoxy) is 3. The molecule has 104 valence electrons. The van der Waals surface area contributed by atoms with Crippen molar-refractivity contribution >= 4 is 6.09 Å². The van der Waals surface area contributed by atoms with Crippen LogP contribution < -0.4 is 14.8 Å². The van der Waals surface area contributed by atoms with E-state index in [4.69, 9.17) is 14.2 Å². The van der Waals surface area contributed by atoms with E-state index in [1.807, 2.05) is 0 Å². The van der Waals surface area contributed by atoms with Crippen LogP contribution in [0.5, 0.6) is 11.5 Å². The highest BCUT2D eigenvalue weighted by molar-refractivity contribution is 5.69. The number of carbonyl (C=O) groups is 1. The zero-order chi connectivity index (χ0) is 13.8. The monoisotopic (exact) mass is 267 g/mol. The Balaban J connectivity index is 2.06. The van der Waals surface area contributed by atoms with Gasteiger partial charge in [0.15, 0.2) is 6.10 Å². The van der Waals surface area contributed by atoms with E-state index in [1.54, 1.807) is 32.2 Å². The van der Waals surface area contributed by atoms with Crippen LogP contribution in [0.4, 0.5) is 4.79 Å². The van der Waals surface area contributed by atoms with Crippen molar-refractivity contribution in [3.8, 4) is 11.5 Å². The first kappa shape index (κ1) is 13.5. The molecule has 1 aromatic rings. The molecule has 1 heterocycles. The van der Waals surface area contributed by atoms with Gasteiger partial charge in [0, 0.05) is 11.6 Å². The van der Waals surface area contributed by atoms with Crippen LogP contribution in [0.3, 0.4) is 0 Å². The summed E-state index contributed by atoms with van der Waals surface area (Å²) in [6.07, 6.45) is -1.40. The Morgan fingerprint density at radius 3 is 2.95 bits per heavy atom. The number of aliphatic hydroxyl groups excluding tert-OH is 1. The molecule has 1 aromatic carbocycles. The molecule has 1 fully saturated rings. The van der Waals surface area contributed by atoms with Crippen LogP contribution >= 0.6 is 0 Å². The number of rotatable bonds is 5. The van der Waals surface area contributed by atoms with Crippen LogP contribution in [0.2, 0.25) is 0 Å². The molecule has 19 heavy (non-hydrogen) atoms. The van der Waals surface area contributed by atoms with Gasteiger partial charge < -0.3 is 24.6 Å². The summed E-state index contributed by atoms with van der Waals surface area (Å²) in [5, 5.41) is 12.2. The lowest BCUT2D eigenvalue weighted by atomic mass is 10.1. The number of benzene rings is 1. The van der Waals surface area contributed by atoms with Crippen molar-refractivity contribution in [2.45, 2.75) is 19.1 Å². The summed E-state index contributed by atoms with van der Waals surface area (Å²) in [4.78, 5) is 10.9. The van der Waals surface area contributed by atoms with Gasteiger partial charge in [0.25, 0.3) is 0 Å². The number of amides is 1. The van der Waals surface area contributed by atoms with Gasteiger partial charge in [0.2, 0.25) is 0 Å². The van der Waals surface area contributed by atoms with Crippen molar-refractivity contribution < 1.29 is 24.1 Å². The first-order valence-electron chi connectivity index (χ1n) is 6.03. The molecule has 2 N–H and O–H groups in total. The largest absolute Gasteiger partial charge is 0.497 e. The minimum Gasteiger partial charge on any atom is -0.497 e. The third-order valence-corrected chi connectivity index (χ3v) is 2.84. The van der Waals surface area contributed by atoms with E-state index >= 15 is 0 Å². The maximum absolute atomic E-state index is 10.9. The second kappa shape index (κ2) is 5.79. The Labute approximate surface area is 111 Å². The van der Waals surface area contributed by atoms with Gasteiger partial charge in [-0.05, 0) is 19.1 Å². The van der Waals surface area contributed by atoms with E-state index in [0.29, 0.717) is 23.6 Å². The topological polar surface area (TPSA) is 77.0 Å². The van der Waals surface area contributed by atoms with E-state index < -0.39 is 12.2 Å². The van der Waals surface area contributed by atoms with Gasteiger partial charge in [-0.15, -0.1) is 0 Å². The van der Waals surface area contributed by atoms with Gasteiger partial charge >= 0.3 is 6.09 Å². The number of alkyl carbamates (subject to hydrolysis) is 1. The number of aliphatic hydroxyl groups is 1. The Bertz CT molecular complexity index is 460. The molecular weight excluding hydrogens is 250 g/mol. The summed E-state index contributed by atoms with van der Waals surface area (Å²) in [5.74, 6) is 1.17. The van der Waals surface area contributed by atoms with Crippen molar-refractivity contribution in [3.63, 3.8) is 0 Å². The van der Waals surface area contributed by atoms with E-state index in [9.17, 15) is 9.90 Å². The summed E-state index contributed by atoms with van der Waals surface area (Å²) in [7, 11) is 1.56. The van der Waals surface area contributed by atoms with Crippen LogP contribution in [-0.4, -0.2) is 37.6 Å². The molecule has 2 atom stereocenters. The fraction of sp³-hybridized carbons (Fsp3) is 0.462. The Morgan fingerprint density at radius 2 is 2.37 bits per heavy atom. The second-order valence-electron chi connectivity index (χ2n) is 4.30. The second-order valence-corrected chi connectivity index (χ2v) is 4.30. The first-order valence-corrected chi connectivity index (χ1v) is 6.03. The smallest absolute Gasteiger partial charge is 0.407 e. The van der Waals surface area contributed by atoms with Gasteiger partial charge in [-0.1, -0.05) is 0 Å². The van der Waals surface area contributed by atoms with Crippen molar-refractivity contribution in [2.75, 3.05) is 20.3 Å². The van der Waals surface area contributed by atoms with Gasteiger partial charge in [0.05, 0.1) is 19.8 Å². The van der Waals surface area contributed by atoms with Crippen LogP contribution in [-0.2, 0) is 4.74 Å². The number of hydrogen-bond donors (Lipinski definition) is 2. The van der Waals surface area contributed by atoms with Gasteiger partial charge in [0.1, 0.15) is 18.1 Å². The Kier molecular flexibility index (Phi) is 4.11. The maximum atomic E-state index is 10.9. The predicted molar refractivity (Wildman–Crippen MR) is 67.4 cm³/mol. The molecule has 1 saturated heterocycles. The SMILES string of the molecule is COc1ccc(C(C)O)c(OCC2CNC(=O)O2)c1. The van der Waals surface area contributed by atoms with Crippen LogP contribution in [0, 0.1) is 0 Å². The molecule has 0 saturated carbocycles. The molecular formula is C13H17NO5. The highest BCUT2D eigenvalue weighted by Crippen LogP contribution is 2.29. The third-order valence-electron chi connectivity index (χ3n) is 2.84. The molecule has 0 aliphatic carbocycles. The summed E-state index contributed by atoms with van der Waals surface area (Å²) < 4.78 is 15.7. The van der Waals surface area contributed by atoms with Crippen molar-refractivity contribution in [3.05, 3.63) is 23.8 Å². The molecule has 0 aromatic heterocycles. The lowest BCUT2D eigenvalue weighted by Crippen LogP contribution is -2.22. The van der Waals surface area contributed by atoms with Gasteiger partial charge in [-0.2, -0.15) is 0 Å². The minimum absolute atomic E-state index is 0.228. The van der Waals surface area contributed by atoms with Crippen molar-refractivity contribution in [2.24, 2.45) is 0 Å². The van der Waals surface area contributed by atoms with E-state index in [1.165, 1.54) is 0 Å². The molecule has 6 heteroatoms. The average Bonchev–Trinajstić information content (AvgIpc) is 2.81. The normalized spacial score (nSPS) is 19.5. The summed E-state index contributed by atoms with van der Waals surface area (Å²) in [6, 6.07) is 5.20. The standard InChI is InChI=1S/C13H17NO5/c1-8(15)11-4-3-9(17-2)5-12(11)18-7-10-6-14-13(16)19-10/h3-5,8,10,15H,6-7H2,1-2H3,(H,14,16). The maximum Gasteiger partial charge on any atom is 0.407 e. The number of carbonyl (C=O) groups excluding carboxylic acids is 1. The lowest BCUT2D eigenvalue weighted by Gasteiger charge is -2.16. The number of nitrogens with one attached hydrogen (secondary N) is 1. The molecule has 2 rings (SSSR count). The summed E-state index contributed by atoms with van der Waals surface area (Å²) >= 11 is 0. The van der Waals surface area contributed by atoms with E-state index in [2.05, 4.69) is 5.32 Å². The zero-order valence-electron chi connectivity index (χ0n) is 10.9. The van der Waals surface area contributed by atoms with Gasteiger partial charge in [-0.3, -0.25) is 0 Å². The van der Waals surface area contributed by atoms with Crippen LogP contribution in [0.25, 0.3) is 0 Å². The number of methoxy groups -OCH3 is 1. The summed E-state index contributed by atoms with van der Waals surface area (Å²) in [6.45, 7) is 2.31. The van der Waals surface area contributed by atoms with Gasteiger partial charge in [-0.25, -0.2) is 4.79 Å². The highest BCUT2D eigenvalue weighted by atomic mass is 16.6. The fourth-order valence-corrected chi connectivity index (χ4v) is 1.82. The minimum atomic E-state index is -0.648. The average molecular weight is 267 g/mol. The quantitative estimate of drug-likeness (QED) is 0.839. The molecule has 1 aliphatic rings. The highest BCUT2D eigenvalue weighted by Gasteiger charge is 2.23.